The van der Waals surface area contributed by atoms with E-state index in [0.717, 1.165) is 0 Å². The minimum atomic E-state index is -0.265. The summed E-state index contributed by atoms with van der Waals surface area (Å²) < 4.78 is 17.7. The molecule has 1 aromatic carbocycles. The van der Waals surface area contributed by atoms with E-state index in [4.69, 9.17) is 14.2 Å². The van der Waals surface area contributed by atoms with E-state index in [1.807, 2.05) is 0 Å². The van der Waals surface area contributed by atoms with Crippen molar-refractivity contribution in [2.75, 3.05) is 20.8 Å². The molecule has 2 aromatic rings. The summed E-state index contributed by atoms with van der Waals surface area (Å²) in [6, 6.07) is 6.96. The average molecular weight is 317 g/mol. The Balaban J connectivity index is 2.06. The Kier molecular flexibility index (Phi) is 5.62. The van der Waals surface area contributed by atoms with Crippen molar-refractivity contribution in [1.82, 2.24) is 15.1 Å². The molecule has 1 heterocycles. The number of carbonyl (C=O) groups excluding carboxylic acids is 1. The second-order valence-corrected chi connectivity index (χ2v) is 4.50. The lowest BCUT2D eigenvalue weighted by molar-refractivity contribution is 0.0951. The van der Waals surface area contributed by atoms with E-state index in [1.54, 1.807) is 50.8 Å². The number of rotatable bonds is 8. The number of aromatic nitrogens is 2. The molecule has 1 aromatic heterocycles. The largest absolute Gasteiger partial charge is 0.493 e. The van der Waals surface area contributed by atoms with Gasteiger partial charge >= 0.3 is 0 Å². The van der Waals surface area contributed by atoms with Crippen LogP contribution < -0.4 is 19.5 Å². The van der Waals surface area contributed by atoms with Crippen LogP contribution in [0.2, 0.25) is 0 Å². The Bertz CT molecular complexity index is 659. The highest BCUT2D eigenvalue weighted by molar-refractivity contribution is 5.92. The summed E-state index contributed by atoms with van der Waals surface area (Å²) in [5.41, 5.74) is 0.308. The summed E-state index contributed by atoms with van der Waals surface area (Å²) in [5.74, 6) is 1.32. The maximum absolute atomic E-state index is 11.8. The SMILES string of the molecule is C=CCNC(=O)c1ccn(COc2c(OC)cccc2OC)n1. The number of para-hydroxylation sites is 1. The zero-order valence-electron chi connectivity index (χ0n) is 13.1. The summed E-state index contributed by atoms with van der Waals surface area (Å²) >= 11 is 0. The quantitative estimate of drug-likeness (QED) is 0.752. The lowest BCUT2D eigenvalue weighted by Gasteiger charge is -2.13. The Morgan fingerprint density at radius 3 is 2.61 bits per heavy atom. The van der Waals surface area contributed by atoms with Crippen LogP contribution in [-0.2, 0) is 6.73 Å². The Morgan fingerprint density at radius 1 is 1.30 bits per heavy atom. The van der Waals surface area contributed by atoms with E-state index in [1.165, 1.54) is 4.68 Å². The normalized spacial score (nSPS) is 10.0. The maximum Gasteiger partial charge on any atom is 0.272 e. The highest BCUT2D eigenvalue weighted by Crippen LogP contribution is 2.36. The first-order valence-corrected chi connectivity index (χ1v) is 6.96. The number of hydrogen-bond donors (Lipinski definition) is 1. The summed E-state index contributed by atoms with van der Waals surface area (Å²) in [6.45, 7) is 4.05. The molecule has 2 rings (SSSR count). The monoisotopic (exact) mass is 317 g/mol. The molecular weight excluding hydrogens is 298 g/mol. The molecule has 1 N–H and O–H groups in total. The van der Waals surface area contributed by atoms with Crippen LogP contribution in [0.1, 0.15) is 10.5 Å². The van der Waals surface area contributed by atoms with Crippen molar-refractivity contribution in [3.63, 3.8) is 0 Å². The molecule has 122 valence electrons. The van der Waals surface area contributed by atoms with Crippen molar-refractivity contribution < 1.29 is 19.0 Å². The van der Waals surface area contributed by atoms with E-state index >= 15 is 0 Å². The molecule has 7 nitrogen and oxygen atoms in total. The van der Waals surface area contributed by atoms with E-state index < -0.39 is 0 Å². The van der Waals surface area contributed by atoms with Crippen LogP contribution in [0.5, 0.6) is 17.2 Å². The predicted octanol–water partition coefficient (Wildman–Crippen LogP) is 1.85. The number of benzene rings is 1. The van der Waals surface area contributed by atoms with E-state index in [2.05, 4.69) is 17.0 Å². The fourth-order valence-corrected chi connectivity index (χ4v) is 1.90. The molecule has 0 radical (unpaired) electrons. The van der Waals surface area contributed by atoms with Crippen molar-refractivity contribution in [2.45, 2.75) is 6.73 Å². The molecule has 0 atom stereocenters. The van der Waals surface area contributed by atoms with Crippen LogP contribution in [0.4, 0.5) is 0 Å². The third kappa shape index (κ3) is 4.03. The van der Waals surface area contributed by atoms with Crippen LogP contribution in [0.15, 0.2) is 43.1 Å². The Morgan fingerprint density at radius 2 is 2.00 bits per heavy atom. The molecule has 0 saturated carbocycles. The van der Waals surface area contributed by atoms with Gasteiger partial charge in [0.05, 0.1) is 14.2 Å². The van der Waals surface area contributed by atoms with Crippen molar-refractivity contribution in [3.8, 4) is 17.2 Å². The van der Waals surface area contributed by atoms with Crippen molar-refractivity contribution in [2.24, 2.45) is 0 Å². The molecule has 23 heavy (non-hydrogen) atoms. The van der Waals surface area contributed by atoms with E-state index in [-0.39, 0.29) is 12.6 Å². The Hall–Kier alpha value is -2.96. The molecule has 0 spiro atoms. The fraction of sp³-hybridized carbons (Fsp3) is 0.250. The number of ether oxygens (including phenoxy) is 3. The van der Waals surface area contributed by atoms with Gasteiger partial charge in [-0.25, -0.2) is 4.68 Å². The highest BCUT2D eigenvalue weighted by Gasteiger charge is 2.12. The first-order chi connectivity index (χ1) is 11.2. The summed E-state index contributed by atoms with van der Waals surface area (Å²) in [7, 11) is 3.11. The molecule has 0 aliphatic heterocycles. The van der Waals surface area contributed by atoms with Gasteiger partial charge in [0.2, 0.25) is 5.75 Å². The van der Waals surface area contributed by atoms with Gasteiger partial charge in [0, 0.05) is 12.7 Å². The number of carbonyl (C=O) groups is 1. The zero-order valence-corrected chi connectivity index (χ0v) is 13.1. The number of nitrogens with zero attached hydrogens (tertiary/aromatic N) is 2. The van der Waals surface area contributed by atoms with E-state index in [9.17, 15) is 4.79 Å². The lowest BCUT2D eigenvalue weighted by atomic mass is 10.3. The van der Waals surface area contributed by atoms with Gasteiger partial charge in [-0.2, -0.15) is 5.10 Å². The highest BCUT2D eigenvalue weighted by atomic mass is 16.5. The number of methoxy groups -OCH3 is 2. The van der Waals surface area contributed by atoms with Crippen LogP contribution in [0.3, 0.4) is 0 Å². The van der Waals surface area contributed by atoms with Gasteiger partial charge in [0.1, 0.15) is 5.69 Å². The van der Waals surface area contributed by atoms with Gasteiger partial charge < -0.3 is 19.5 Å². The van der Waals surface area contributed by atoms with Gasteiger partial charge in [0.25, 0.3) is 5.91 Å². The third-order valence-corrected chi connectivity index (χ3v) is 3.00. The first-order valence-electron chi connectivity index (χ1n) is 6.96. The smallest absolute Gasteiger partial charge is 0.272 e. The number of hydrogen-bond acceptors (Lipinski definition) is 5. The van der Waals surface area contributed by atoms with Crippen LogP contribution >= 0.6 is 0 Å². The second-order valence-electron chi connectivity index (χ2n) is 4.50. The summed E-state index contributed by atoms with van der Waals surface area (Å²) in [5, 5.41) is 6.81. The van der Waals surface area contributed by atoms with Crippen LogP contribution in [0.25, 0.3) is 0 Å². The summed E-state index contributed by atoms with van der Waals surface area (Å²) in [4.78, 5) is 11.8. The van der Waals surface area contributed by atoms with Crippen molar-refractivity contribution in [3.05, 3.63) is 48.8 Å². The molecule has 7 heteroatoms. The minimum Gasteiger partial charge on any atom is -0.493 e. The fourth-order valence-electron chi connectivity index (χ4n) is 1.90. The molecular formula is C16H19N3O4. The second kappa shape index (κ2) is 7.88. The molecule has 1 amide bonds. The van der Waals surface area contributed by atoms with Gasteiger partial charge in [-0.15, -0.1) is 6.58 Å². The Labute approximate surface area is 134 Å². The van der Waals surface area contributed by atoms with Gasteiger partial charge in [-0.05, 0) is 18.2 Å². The standard InChI is InChI=1S/C16H19N3O4/c1-4-9-17-16(20)12-8-10-19(18-12)11-23-15-13(21-2)6-5-7-14(15)22-3/h4-8,10H,1,9,11H2,2-3H3,(H,17,20). The molecule has 0 fully saturated rings. The number of nitrogens with one attached hydrogen (secondary N) is 1. The van der Waals surface area contributed by atoms with Crippen molar-refractivity contribution in [1.29, 1.82) is 0 Å². The van der Waals surface area contributed by atoms with Gasteiger partial charge in [-0.3, -0.25) is 4.79 Å². The zero-order chi connectivity index (χ0) is 16.7. The van der Waals surface area contributed by atoms with Gasteiger partial charge in [-0.1, -0.05) is 12.1 Å². The topological polar surface area (TPSA) is 74.6 Å². The maximum atomic E-state index is 11.8. The molecule has 0 aliphatic carbocycles. The molecule has 0 saturated heterocycles. The summed E-state index contributed by atoms with van der Waals surface area (Å²) in [6.07, 6.45) is 3.26. The average Bonchev–Trinajstić information content (AvgIpc) is 3.06. The van der Waals surface area contributed by atoms with E-state index in [0.29, 0.717) is 29.5 Å². The van der Waals surface area contributed by atoms with Crippen molar-refractivity contribution >= 4 is 5.91 Å². The molecule has 0 unspecified atom stereocenters. The first kappa shape index (κ1) is 16.4. The number of amides is 1. The van der Waals surface area contributed by atoms with Crippen LogP contribution in [0, 0.1) is 0 Å². The lowest BCUT2D eigenvalue weighted by Crippen LogP contribution is -2.24. The molecule has 0 aliphatic rings. The van der Waals surface area contributed by atoms with Gasteiger partial charge in [0.15, 0.2) is 18.2 Å². The predicted molar refractivity (Wildman–Crippen MR) is 84.9 cm³/mol. The molecule has 0 bridgehead atoms. The minimum absolute atomic E-state index is 0.117. The third-order valence-electron chi connectivity index (χ3n) is 3.00. The van der Waals surface area contributed by atoms with Crippen LogP contribution in [-0.4, -0.2) is 36.5 Å².